The predicted octanol–water partition coefficient (Wildman–Crippen LogP) is 6.07. The molecule has 1 unspecified atom stereocenters. The summed E-state index contributed by atoms with van der Waals surface area (Å²) in [4.78, 5) is 27.7. The van der Waals surface area contributed by atoms with Gasteiger partial charge in [0, 0.05) is 54.8 Å². The highest BCUT2D eigenvalue weighted by molar-refractivity contribution is 5.98. The van der Waals surface area contributed by atoms with Gasteiger partial charge >= 0.3 is 5.97 Å². The second kappa shape index (κ2) is 10.7. The Morgan fingerprint density at radius 3 is 2.62 bits per heavy atom. The minimum Gasteiger partial charge on any atom is -0.481 e. The molecule has 5 aliphatic rings. The molecule has 3 aromatic carbocycles. The Morgan fingerprint density at radius 2 is 1.76 bits per heavy atom. The van der Waals surface area contributed by atoms with E-state index in [0.717, 1.165) is 89.4 Å². The maximum Gasteiger partial charge on any atom is 0.304 e. The first-order valence-corrected chi connectivity index (χ1v) is 15.0. The second-order valence-corrected chi connectivity index (χ2v) is 11.8. The maximum absolute atomic E-state index is 13.7. The molecule has 0 spiro atoms. The number of carbonyl (C=O) groups excluding carboxylic acids is 1. The topological polar surface area (TPSA) is 93.3 Å². The Bertz CT molecular complexity index is 1830. The lowest BCUT2D eigenvalue weighted by Gasteiger charge is -2.30. The van der Waals surface area contributed by atoms with Gasteiger partial charge in [-0.05, 0) is 84.3 Å². The molecule has 11 bridgehead atoms. The van der Waals surface area contributed by atoms with E-state index in [1.54, 1.807) is 0 Å². The number of benzene rings is 3. The first kappa shape index (κ1) is 26.4. The molecular weight excluding hydrogens is 526 g/mol. The van der Waals surface area contributed by atoms with E-state index in [0.29, 0.717) is 18.7 Å². The number of carboxylic acid groups (broad SMARTS) is 1. The fourth-order valence-corrected chi connectivity index (χ4v) is 6.88. The summed E-state index contributed by atoms with van der Waals surface area (Å²) in [7, 11) is 0. The third kappa shape index (κ3) is 4.74. The van der Waals surface area contributed by atoms with Crippen LogP contribution in [0.15, 0.2) is 60.8 Å². The molecule has 1 amide bonds. The van der Waals surface area contributed by atoms with Crippen molar-refractivity contribution >= 4 is 33.8 Å². The number of carboxylic acids is 1. The average molecular weight is 562 g/mol. The Labute approximate surface area is 244 Å². The van der Waals surface area contributed by atoms with Crippen molar-refractivity contribution in [3.63, 3.8) is 0 Å². The number of nitrogens with zero attached hydrogens (tertiary/aromatic N) is 5. The van der Waals surface area contributed by atoms with Gasteiger partial charge in [0.1, 0.15) is 5.52 Å². The van der Waals surface area contributed by atoms with Gasteiger partial charge in [0.25, 0.3) is 5.91 Å². The molecule has 0 saturated heterocycles. The van der Waals surface area contributed by atoms with Gasteiger partial charge in [-0.15, -0.1) is 5.10 Å². The summed E-state index contributed by atoms with van der Waals surface area (Å²) in [5.74, 6) is -1.15. The quantitative estimate of drug-likeness (QED) is 0.282. The number of rotatable bonds is 2. The van der Waals surface area contributed by atoms with Crippen molar-refractivity contribution in [3.05, 3.63) is 94.2 Å². The monoisotopic (exact) mass is 561 g/mol. The standard InChI is InChI=1S/C34H35N5O3/c1-22-28-9-11-31-33(22)35-36-39(31)15-5-3-2-4-14-37-16-13-25-19-26(8-10-30(25)37)34(42)38-17-12-23-6-7-24(18-27(23)21-38)29(28)20-32(40)41/h6-11,13,16,18-19,29H,2-5,12,14-15,17,20-21H2,1H3,(H,40,41). The Balaban J connectivity index is 1.30. The molecule has 7 heterocycles. The summed E-state index contributed by atoms with van der Waals surface area (Å²) in [6, 6.07) is 18.5. The van der Waals surface area contributed by atoms with Crippen LogP contribution in [0, 0.1) is 6.92 Å². The van der Waals surface area contributed by atoms with E-state index in [2.05, 4.69) is 57.5 Å². The zero-order valence-electron chi connectivity index (χ0n) is 23.9. The Hall–Kier alpha value is -4.46. The molecule has 1 atom stereocenters. The van der Waals surface area contributed by atoms with E-state index >= 15 is 0 Å². The van der Waals surface area contributed by atoms with Gasteiger partial charge in [0.2, 0.25) is 0 Å². The summed E-state index contributed by atoms with van der Waals surface area (Å²) in [5, 5.41) is 20.0. The Morgan fingerprint density at radius 1 is 0.929 bits per heavy atom. The van der Waals surface area contributed by atoms with Gasteiger partial charge in [-0.3, -0.25) is 9.59 Å². The van der Waals surface area contributed by atoms with Crippen LogP contribution in [0.2, 0.25) is 0 Å². The van der Waals surface area contributed by atoms with E-state index < -0.39 is 5.97 Å². The maximum atomic E-state index is 13.7. The van der Waals surface area contributed by atoms with Gasteiger partial charge < -0.3 is 14.6 Å². The van der Waals surface area contributed by atoms with Crippen molar-refractivity contribution < 1.29 is 14.7 Å². The fraction of sp³-hybridized carbons (Fsp3) is 0.353. The number of hydrogen-bond acceptors (Lipinski definition) is 4. The van der Waals surface area contributed by atoms with E-state index in [4.69, 9.17) is 0 Å². The van der Waals surface area contributed by atoms with Crippen LogP contribution in [0.1, 0.15) is 76.2 Å². The van der Waals surface area contributed by atoms with Crippen molar-refractivity contribution in [2.75, 3.05) is 6.54 Å². The highest BCUT2D eigenvalue weighted by Crippen LogP contribution is 2.35. The van der Waals surface area contributed by atoms with Gasteiger partial charge in [-0.1, -0.05) is 42.3 Å². The molecule has 10 rings (SSSR count). The SMILES string of the molecule is Cc1c2ccc3c1nnn3CCCCCCn1ccc3cc(ccc31)C(=O)N1CCc3ccc(cc3C1)C2CC(=O)O. The summed E-state index contributed by atoms with van der Waals surface area (Å²) in [6.45, 7) is 4.95. The van der Waals surface area contributed by atoms with Crippen molar-refractivity contribution in [3.8, 4) is 0 Å². The highest BCUT2D eigenvalue weighted by Gasteiger charge is 2.26. The number of aryl methyl sites for hydroxylation is 3. The molecule has 5 aliphatic heterocycles. The molecule has 1 N–H and O–H groups in total. The second-order valence-electron chi connectivity index (χ2n) is 11.8. The van der Waals surface area contributed by atoms with Crippen molar-refractivity contribution in [1.29, 1.82) is 0 Å². The minimum absolute atomic E-state index is 0.0262. The van der Waals surface area contributed by atoms with Crippen LogP contribution in [-0.2, 0) is 30.8 Å². The molecule has 42 heavy (non-hydrogen) atoms. The zero-order chi connectivity index (χ0) is 28.8. The molecule has 0 aliphatic carbocycles. The number of amides is 1. The third-order valence-corrected chi connectivity index (χ3v) is 9.21. The van der Waals surface area contributed by atoms with Crippen molar-refractivity contribution in [2.45, 2.75) is 71.0 Å². The summed E-state index contributed by atoms with van der Waals surface area (Å²) in [6.07, 6.45) is 7.21. The lowest BCUT2D eigenvalue weighted by atomic mass is 9.83. The van der Waals surface area contributed by atoms with E-state index in [-0.39, 0.29) is 18.2 Å². The van der Waals surface area contributed by atoms with Crippen LogP contribution in [-0.4, -0.2) is 48.0 Å². The number of aliphatic carboxylic acids is 1. The lowest BCUT2D eigenvalue weighted by Crippen LogP contribution is -2.36. The summed E-state index contributed by atoms with van der Waals surface area (Å²) < 4.78 is 4.27. The van der Waals surface area contributed by atoms with Crippen LogP contribution in [0.25, 0.3) is 21.9 Å². The Kier molecular flexibility index (Phi) is 6.76. The van der Waals surface area contributed by atoms with Crippen LogP contribution >= 0.6 is 0 Å². The van der Waals surface area contributed by atoms with E-state index in [1.807, 2.05) is 34.7 Å². The van der Waals surface area contributed by atoms with Gasteiger partial charge in [-0.2, -0.15) is 0 Å². The smallest absolute Gasteiger partial charge is 0.304 e. The van der Waals surface area contributed by atoms with Crippen LogP contribution in [0.4, 0.5) is 0 Å². The summed E-state index contributed by atoms with van der Waals surface area (Å²) in [5.41, 5.74) is 8.85. The normalized spacial score (nSPS) is 17.8. The molecule has 8 nitrogen and oxygen atoms in total. The molecule has 0 radical (unpaired) electrons. The van der Waals surface area contributed by atoms with Crippen molar-refractivity contribution in [1.82, 2.24) is 24.5 Å². The number of carbonyl (C=O) groups is 2. The number of hydrogen-bond donors (Lipinski definition) is 1. The molecule has 214 valence electrons. The first-order valence-electron chi connectivity index (χ1n) is 15.0. The van der Waals surface area contributed by atoms with Crippen LogP contribution in [0.5, 0.6) is 0 Å². The van der Waals surface area contributed by atoms with E-state index in [1.165, 1.54) is 5.56 Å². The van der Waals surface area contributed by atoms with Crippen LogP contribution < -0.4 is 0 Å². The first-order chi connectivity index (χ1) is 20.5. The lowest BCUT2D eigenvalue weighted by molar-refractivity contribution is -0.137. The van der Waals surface area contributed by atoms with E-state index in [9.17, 15) is 14.7 Å². The number of aromatic nitrogens is 4. The minimum atomic E-state index is -0.848. The van der Waals surface area contributed by atoms with Gasteiger partial charge in [-0.25, -0.2) is 4.68 Å². The zero-order valence-corrected chi connectivity index (χ0v) is 23.9. The van der Waals surface area contributed by atoms with Gasteiger partial charge in [0.15, 0.2) is 0 Å². The molecule has 0 saturated carbocycles. The van der Waals surface area contributed by atoms with Crippen LogP contribution in [0.3, 0.4) is 0 Å². The molecule has 2 aromatic heterocycles. The molecule has 5 aromatic rings. The molecule has 8 heteroatoms. The third-order valence-electron chi connectivity index (χ3n) is 9.21. The van der Waals surface area contributed by atoms with Gasteiger partial charge in [0.05, 0.1) is 11.9 Å². The predicted molar refractivity (Wildman–Crippen MR) is 162 cm³/mol. The molecule has 0 fully saturated rings. The fourth-order valence-electron chi connectivity index (χ4n) is 6.88. The summed E-state index contributed by atoms with van der Waals surface area (Å²) >= 11 is 0. The largest absolute Gasteiger partial charge is 0.481 e. The van der Waals surface area contributed by atoms with Crippen molar-refractivity contribution in [2.24, 2.45) is 0 Å². The molecular formula is C34H35N5O3. The highest BCUT2D eigenvalue weighted by atomic mass is 16.4. The average Bonchev–Trinajstić information content (AvgIpc) is 3.60.